The summed E-state index contributed by atoms with van der Waals surface area (Å²) in [5, 5.41) is 21.2. The normalized spacial score (nSPS) is 22.7. The van der Waals surface area contributed by atoms with Gasteiger partial charge in [-0.1, -0.05) is 77.6 Å². The van der Waals surface area contributed by atoms with E-state index in [0.29, 0.717) is 11.1 Å². The maximum atomic E-state index is 14.3. The Bertz CT molecular complexity index is 2100. The number of rotatable bonds is 12. The highest BCUT2D eigenvalue weighted by Gasteiger charge is 2.66. The average Bonchev–Trinajstić information content (AvgIpc) is 3.92. The third kappa shape index (κ3) is 8.40. The highest BCUT2D eigenvalue weighted by atomic mass is 32.2. The second-order valence-corrected chi connectivity index (χ2v) is 17.3. The van der Waals surface area contributed by atoms with Crippen LogP contribution in [0.25, 0.3) is 0 Å². The summed E-state index contributed by atoms with van der Waals surface area (Å²) >= 11 is 1.77. The molecule has 4 aliphatic rings. The van der Waals surface area contributed by atoms with Crippen LogP contribution in [-0.2, 0) is 38.2 Å². The van der Waals surface area contributed by atoms with Gasteiger partial charge < -0.3 is 34.4 Å². The van der Waals surface area contributed by atoms with Crippen molar-refractivity contribution >= 4 is 69.8 Å². The summed E-state index contributed by atoms with van der Waals surface area (Å²) in [5.74, 6) is 2.06. The number of anilines is 1. The number of hydrazine groups is 1. The van der Waals surface area contributed by atoms with E-state index in [-0.39, 0.29) is 56.5 Å². The molecule has 0 unspecified atom stereocenters. The van der Waals surface area contributed by atoms with Crippen molar-refractivity contribution in [1.29, 1.82) is 0 Å². The first kappa shape index (κ1) is 41.4. The minimum atomic E-state index is -1.85. The van der Waals surface area contributed by atoms with Crippen LogP contribution in [0.15, 0.2) is 71.2 Å². The number of thioether (sulfide) groups is 1. The summed E-state index contributed by atoms with van der Waals surface area (Å²) in [6, 6.07) is 16.4. The van der Waals surface area contributed by atoms with Crippen molar-refractivity contribution in [1.82, 2.24) is 25.1 Å². The van der Waals surface area contributed by atoms with Gasteiger partial charge in [0, 0.05) is 24.8 Å². The molecule has 1 aromatic heterocycles. The number of carboxylic acids is 1. The van der Waals surface area contributed by atoms with Gasteiger partial charge in [0.1, 0.15) is 22.7 Å². The molecule has 59 heavy (non-hydrogen) atoms. The number of aliphatic carboxylic acids is 1. The first-order chi connectivity index (χ1) is 28.1. The Morgan fingerprint density at radius 1 is 1.02 bits per heavy atom. The fraction of sp³-hybridized carbons (Fsp3) is 0.421. The number of carbonyl (C=O) groups excluding carboxylic acids is 5. The van der Waals surface area contributed by atoms with Crippen LogP contribution >= 0.6 is 23.1 Å². The Kier molecular flexibility index (Phi) is 11.6. The Hall–Kier alpha value is -5.77. The summed E-state index contributed by atoms with van der Waals surface area (Å²) < 4.78 is 17.1. The number of β-lactam (4-membered cyclic amide) rings is 1. The largest absolute Gasteiger partial charge is 0.479 e. The maximum Gasteiger partial charge on any atom is 0.413 e. The number of fused-ring (bicyclic) bond motifs is 1. The molecule has 0 bridgehead atoms. The van der Waals surface area contributed by atoms with Crippen LogP contribution < -0.4 is 16.5 Å². The molecule has 19 nitrogen and oxygen atoms in total. The number of hydrogen-bond donors (Lipinski definition) is 4. The molecule has 4 aliphatic heterocycles. The zero-order valence-corrected chi connectivity index (χ0v) is 33.8. The number of benzene rings is 2. The molecule has 0 radical (unpaired) electrons. The van der Waals surface area contributed by atoms with E-state index < -0.39 is 75.2 Å². The molecule has 5 N–H and O–H groups in total. The van der Waals surface area contributed by atoms with Gasteiger partial charge in [0.25, 0.3) is 5.91 Å². The van der Waals surface area contributed by atoms with Crippen LogP contribution in [0.5, 0.6) is 0 Å². The lowest BCUT2D eigenvalue weighted by atomic mass is 9.94. The predicted octanol–water partition coefficient (Wildman–Crippen LogP) is 2.88. The molecule has 312 valence electrons. The Balaban J connectivity index is 1.18. The summed E-state index contributed by atoms with van der Waals surface area (Å²) in [4.78, 5) is 91.1. The molecule has 7 rings (SSSR count). The third-order valence-corrected chi connectivity index (χ3v) is 12.4. The molecule has 2 aromatic carbocycles. The van der Waals surface area contributed by atoms with Crippen molar-refractivity contribution < 1.29 is 52.9 Å². The molecule has 5 heterocycles. The van der Waals surface area contributed by atoms with E-state index in [1.165, 1.54) is 10.3 Å². The molecule has 0 saturated carbocycles. The van der Waals surface area contributed by atoms with Crippen LogP contribution in [0.2, 0.25) is 0 Å². The first-order valence-electron chi connectivity index (χ1n) is 18.6. The van der Waals surface area contributed by atoms with Gasteiger partial charge in [0.05, 0.1) is 26.3 Å². The molecule has 3 atom stereocenters. The van der Waals surface area contributed by atoms with E-state index in [1.54, 1.807) is 20.8 Å². The molecule has 5 amide bonds. The molecule has 4 fully saturated rings. The number of carboxylic acid groups (broad SMARTS) is 1. The van der Waals surface area contributed by atoms with Gasteiger partial charge in [-0.25, -0.2) is 30.0 Å². The summed E-state index contributed by atoms with van der Waals surface area (Å²) in [7, 11) is 0. The second-order valence-electron chi connectivity index (χ2n) is 15.1. The minimum absolute atomic E-state index is 0.00452. The van der Waals surface area contributed by atoms with Crippen molar-refractivity contribution in [2.75, 3.05) is 38.2 Å². The number of amides is 5. The van der Waals surface area contributed by atoms with Gasteiger partial charge in [0.15, 0.2) is 16.9 Å². The monoisotopic (exact) mass is 850 g/mol. The number of oxime groups is 1. The summed E-state index contributed by atoms with van der Waals surface area (Å²) in [6.45, 7) is 5.04. The van der Waals surface area contributed by atoms with Gasteiger partial charge >= 0.3 is 24.1 Å². The summed E-state index contributed by atoms with van der Waals surface area (Å²) in [5.41, 5.74) is -1.70. The number of nitrogens with two attached hydrogens (primary N) is 1. The second kappa shape index (κ2) is 16.5. The van der Waals surface area contributed by atoms with Gasteiger partial charge in [0.2, 0.25) is 16.4 Å². The lowest BCUT2D eigenvalue weighted by Gasteiger charge is -2.41. The lowest BCUT2D eigenvalue weighted by Crippen LogP contribution is -2.68. The van der Waals surface area contributed by atoms with Gasteiger partial charge in [-0.3, -0.25) is 24.8 Å². The standard InChI is InChI=1S/C38H42N8O11S2/c1-36(2,3)56-34(52)42-33-40-24(20-58-33)25(28(47)41-26-29(48)44-21-38(31(49)50,59-30(26)44)45-16-17-46(39)35(45)53)43-57-37(14-18-54-19-15-37)32(51)55-27(22-10-6-4-7-11-22)23-12-8-5-9-13-23/h4-13,20,26-27,30H,14-19,21,39H2,1-3H3,(H,41,47)(H,49,50)(H,40,42,52)/b43-25-/t26-,30-,38-/m1/s1. The van der Waals surface area contributed by atoms with E-state index >= 15 is 0 Å². The molecule has 0 aliphatic carbocycles. The number of urea groups is 1. The summed E-state index contributed by atoms with van der Waals surface area (Å²) in [6.07, 6.45) is -1.62. The molecule has 4 saturated heterocycles. The van der Waals surface area contributed by atoms with Gasteiger partial charge in [-0.15, -0.1) is 11.3 Å². The number of ether oxygens (including phenoxy) is 3. The van der Waals surface area contributed by atoms with Crippen molar-refractivity contribution in [3.8, 4) is 0 Å². The fourth-order valence-corrected chi connectivity index (χ4v) is 9.22. The predicted molar refractivity (Wildman–Crippen MR) is 212 cm³/mol. The van der Waals surface area contributed by atoms with Crippen molar-refractivity contribution in [2.45, 2.75) is 67.2 Å². The first-order valence-corrected chi connectivity index (χ1v) is 20.3. The maximum absolute atomic E-state index is 14.3. The van der Waals surface area contributed by atoms with Crippen molar-refractivity contribution in [3.05, 3.63) is 82.9 Å². The SMILES string of the molecule is CC(C)(C)OC(=O)Nc1nc(/C(=N/OC2(C(=O)OC(c3ccccc3)c3ccccc3)CCOCC2)C(=O)N[C@@H]2C(=O)N3C[C@@](C(=O)O)(N4CCN(N)C4=O)S[C@H]23)cs1. The minimum Gasteiger partial charge on any atom is -0.479 e. The number of hydrogen-bond acceptors (Lipinski definition) is 15. The third-order valence-electron chi connectivity index (χ3n) is 9.92. The van der Waals surface area contributed by atoms with Crippen LogP contribution in [0.4, 0.5) is 14.7 Å². The smallest absolute Gasteiger partial charge is 0.413 e. The number of nitrogens with one attached hydrogen (secondary N) is 2. The quantitative estimate of drug-likeness (QED) is 0.0512. The molecule has 21 heteroatoms. The van der Waals surface area contributed by atoms with Crippen LogP contribution in [0.1, 0.15) is 56.5 Å². The molecular formula is C38H42N8O11S2. The molecule has 3 aromatic rings. The number of carbonyl (C=O) groups is 6. The highest BCUT2D eigenvalue weighted by Crippen LogP contribution is 2.49. The van der Waals surface area contributed by atoms with Crippen LogP contribution in [-0.4, -0.2) is 127 Å². The van der Waals surface area contributed by atoms with E-state index in [9.17, 15) is 33.9 Å². The fourth-order valence-electron chi connectivity index (χ4n) is 6.91. The lowest BCUT2D eigenvalue weighted by molar-refractivity contribution is -0.189. The molecular weight excluding hydrogens is 809 g/mol. The Morgan fingerprint density at radius 3 is 2.24 bits per heavy atom. The van der Waals surface area contributed by atoms with Gasteiger partial charge in [-0.05, 0) is 31.9 Å². The number of aromatic nitrogens is 1. The highest BCUT2D eigenvalue weighted by molar-refractivity contribution is 8.02. The van der Waals surface area contributed by atoms with Crippen LogP contribution in [0.3, 0.4) is 0 Å². The van der Waals surface area contributed by atoms with Crippen molar-refractivity contribution in [2.24, 2.45) is 11.0 Å². The zero-order valence-electron chi connectivity index (χ0n) is 32.2. The Morgan fingerprint density at radius 2 is 1.66 bits per heavy atom. The number of thiazole rings is 1. The Labute approximate surface area is 346 Å². The number of esters is 1. The van der Waals surface area contributed by atoms with Gasteiger partial charge in [-0.2, -0.15) is 0 Å². The average molecular weight is 851 g/mol. The number of nitrogens with zero attached hydrogens (tertiary/aromatic N) is 5. The van der Waals surface area contributed by atoms with Crippen LogP contribution in [0, 0.1) is 0 Å². The van der Waals surface area contributed by atoms with E-state index in [4.69, 9.17) is 24.9 Å². The van der Waals surface area contributed by atoms with E-state index in [1.807, 2.05) is 60.7 Å². The zero-order chi connectivity index (χ0) is 42.1. The van der Waals surface area contributed by atoms with E-state index in [2.05, 4.69) is 20.8 Å². The van der Waals surface area contributed by atoms with Crippen molar-refractivity contribution in [3.63, 3.8) is 0 Å². The topological polar surface area (TPSA) is 245 Å². The van der Waals surface area contributed by atoms with E-state index in [0.717, 1.165) is 33.0 Å². The molecule has 0 spiro atoms.